The molecule has 0 saturated heterocycles. The number of rotatable bonds is 5. The predicted molar refractivity (Wildman–Crippen MR) is 79.5 cm³/mol. The normalized spacial score (nSPS) is 23.0. The molecule has 1 heterocycles. The highest BCUT2D eigenvalue weighted by molar-refractivity contribution is 7.50. The first-order valence-corrected chi connectivity index (χ1v) is 8.90. The van der Waals surface area contributed by atoms with Crippen molar-refractivity contribution < 1.29 is 19.1 Å². The van der Waals surface area contributed by atoms with E-state index in [1.54, 1.807) is 13.2 Å². The summed E-state index contributed by atoms with van der Waals surface area (Å²) in [5, 5.41) is 3.42. The average Bonchev–Trinajstić information content (AvgIpc) is 2.36. The van der Waals surface area contributed by atoms with Crippen molar-refractivity contribution in [3.8, 4) is 0 Å². The van der Waals surface area contributed by atoms with Crippen LogP contribution in [0.5, 0.6) is 0 Å². The van der Waals surface area contributed by atoms with Crippen LogP contribution in [0.1, 0.15) is 31.5 Å². The quantitative estimate of drug-likeness (QED) is 0.559. The van der Waals surface area contributed by atoms with Crippen LogP contribution in [0.4, 0.5) is 5.82 Å². The number of anilines is 1. The summed E-state index contributed by atoms with van der Waals surface area (Å²) in [4.78, 5) is 25.9. The fraction of sp³-hybridized carbons (Fsp3) is 0.667. The van der Waals surface area contributed by atoms with Crippen molar-refractivity contribution >= 4 is 25.0 Å². The van der Waals surface area contributed by atoms with E-state index in [1.165, 1.54) is 0 Å². The second-order valence-corrected chi connectivity index (χ2v) is 7.20. The highest BCUT2D eigenvalue weighted by Crippen LogP contribution is 2.38. The van der Waals surface area contributed by atoms with Gasteiger partial charge in [-0.1, -0.05) is 11.6 Å². The maximum absolute atomic E-state index is 11.0. The molecule has 1 aromatic rings. The molecule has 0 atom stereocenters. The van der Waals surface area contributed by atoms with Gasteiger partial charge >= 0.3 is 7.60 Å². The van der Waals surface area contributed by atoms with Crippen molar-refractivity contribution in [1.82, 2.24) is 9.97 Å². The minimum atomic E-state index is -4.21. The van der Waals surface area contributed by atoms with Crippen molar-refractivity contribution in [1.29, 1.82) is 0 Å². The van der Waals surface area contributed by atoms with Crippen molar-refractivity contribution in [3.63, 3.8) is 0 Å². The van der Waals surface area contributed by atoms with Crippen LogP contribution in [0.15, 0.2) is 6.07 Å². The largest absolute Gasteiger partial charge is 0.381 e. The number of hydrogen-bond acceptors (Lipinski definition) is 5. The lowest BCUT2D eigenvalue weighted by Crippen LogP contribution is -2.29. The summed E-state index contributed by atoms with van der Waals surface area (Å²) in [6.07, 6.45) is 3.65. The number of halogens is 1. The Morgan fingerprint density at radius 1 is 1.38 bits per heavy atom. The summed E-state index contributed by atoms with van der Waals surface area (Å²) in [5.41, 5.74) is 0. The van der Waals surface area contributed by atoms with Gasteiger partial charge in [-0.2, -0.15) is 0 Å². The van der Waals surface area contributed by atoms with Crippen LogP contribution >= 0.6 is 19.2 Å². The van der Waals surface area contributed by atoms with E-state index in [2.05, 4.69) is 15.3 Å². The minimum absolute atomic E-state index is 0.0453. The first kappa shape index (κ1) is 16.6. The molecule has 7 nitrogen and oxygen atoms in total. The number of ether oxygens (including phenoxy) is 1. The van der Waals surface area contributed by atoms with Gasteiger partial charge in [-0.05, 0) is 25.7 Å². The number of aromatic nitrogens is 2. The van der Waals surface area contributed by atoms with Crippen LogP contribution in [0.2, 0.25) is 5.15 Å². The lowest BCUT2D eigenvalue weighted by atomic mass is 9.93. The number of hydrogen-bond donors (Lipinski definition) is 3. The van der Waals surface area contributed by atoms with E-state index >= 15 is 0 Å². The summed E-state index contributed by atoms with van der Waals surface area (Å²) >= 11 is 5.88. The van der Waals surface area contributed by atoms with E-state index in [0.29, 0.717) is 11.9 Å². The molecule has 0 radical (unpaired) electrons. The SMILES string of the molecule is CO[C@H]1CC[C@H](Nc2cc(Cl)nc(CP(=O)(O)O)n2)CC1. The van der Waals surface area contributed by atoms with Crippen molar-refractivity contribution in [2.75, 3.05) is 12.4 Å². The summed E-state index contributed by atoms with van der Waals surface area (Å²) in [6, 6.07) is 1.82. The van der Waals surface area contributed by atoms with Gasteiger partial charge in [0.1, 0.15) is 23.0 Å². The van der Waals surface area contributed by atoms with Crippen LogP contribution in [-0.4, -0.2) is 39.0 Å². The highest BCUT2D eigenvalue weighted by atomic mass is 35.5. The lowest BCUT2D eigenvalue weighted by molar-refractivity contribution is 0.0681. The van der Waals surface area contributed by atoms with Gasteiger partial charge in [0.05, 0.1) is 6.10 Å². The van der Waals surface area contributed by atoms with E-state index in [-0.39, 0.29) is 17.0 Å². The molecule has 0 aromatic carbocycles. The van der Waals surface area contributed by atoms with Gasteiger partial charge in [0.15, 0.2) is 0 Å². The number of nitrogens with one attached hydrogen (secondary N) is 1. The molecular formula is C12H19ClN3O4P. The molecule has 1 aliphatic rings. The molecule has 2 rings (SSSR count). The average molecular weight is 336 g/mol. The van der Waals surface area contributed by atoms with E-state index in [1.807, 2.05) is 0 Å². The van der Waals surface area contributed by atoms with Gasteiger partial charge < -0.3 is 19.8 Å². The third kappa shape index (κ3) is 5.52. The molecule has 9 heteroatoms. The van der Waals surface area contributed by atoms with E-state index in [0.717, 1.165) is 25.7 Å². The van der Waals surface area contributed by atoms with E-state index in [4.69, 9.17) is 26.1 Å². The lowest BCUT2D eigenvalue weighted by Gasteiger charge is -2.28. The molecule has 21 heavy (non-hydrogen) atoms. The summed E-state index contributed by atoms with van der Waals surface area (Å²) < 4.78 is 16.3. The zero-order valence-electron chi connectivity index (χ0n) is 11.7. The van der Waals surface area contributed by atoms with Gasteiger partial charge in [0.2, 0.25) is 0 Å². The molecule has 0 aliphatic heterocycles. The Morgan fingerprint density at radius 3 is 2.62 bits per heavy atom. The molecular weight excluding hydrogens is 317 g/mol. The first-order chi connectivity index (χ1) is 9.85. The molecule has 3 N–H and O–H groups in total. The molecule has 1 aromatic heterocycles. The zero-order valence-corrected chi connectivity index (χ0v) is 13.3. The van der Waals surface area contributed by atoms with Crippen molar-refractivity contribution in [2.24, 2.45) is 0 Å². The monoisotopic (exact) mass is 335 g/mol. The van der Waals surface area contributed by atoms with Crippen LogP contribution < -0.4 is 5.32 Å². The summed E-state index contributed by atoms with van der Waals surface area (Å²) in [7, 11) is -2.49. The van der Waals surface area contributed by atoms with E-state index < -0.39 is 13.8 Å². The Morgan fingerprint density at radius 2 is 2.05 bits per heavy atom. The molecule has 1 saturated carbocycles. The van der Waals surface area contributed by atoms with Gasteiger partial charge in [-0.25, -0.2) is 9.97 Å². The minimum Gasteiger partial charge on any atom is -0.381 e. The Kier molecular flexibility index (Phi) is 5.57. The molecule has 1 aliphatic carbocycles. The zero-order chi connectivity index (χ0) is 15.5. The standard InChI is InChI=1S/C12H19ClN3O4P/c1-20-9-4-2-8(3-5-9)14-11-6-10(13)15-12(16-11)7-21(17,18)19/h6,8-9H,2-5,7H2,1H3,(H,14,15,16)(H2,17,18,19)/t8-,9-. The third-order valence-corrected chi connectivity index (χ3v) is 4.34. The molecule has 1 fully saturated rings. The maximum atomic E-state index is 11.0. The second kappa shape index (κ2) is 7.03. The van der Waals surface area contributed by atoms with E-state index in [9.17, 15) is 4.57 Å². The number of methoxy groups -OCH3 is 1. The number of nitrogens with zero attached hydrogens (tertiary/aromatic N) is 2. The Bertz CT molecular complexity index is 531. The molecule has 118 valence electrons. The van der Waals surface area contributed by atoms with Gasteiger partial charge in [0, 0.05) is 19.2 Å². The highest BCUT2D eigenvalue weighted by Gasteiger charge is 2.22. The summed E-state index contributed by atoms with van der Waals surface area (Å²) in [5.74, 6) is 0.545. The Labute approximate surface area is 128 Å². The van der Waals surface area contributed by atoms with Crippen LogP contribution in [-0.2, 0) is 15.5 Å². The Hall–Kier alpha value is -0.720. The van der Waals surface area contributed by atoms with Crippen LogP contribution in [0, 0.1) is 0 Å². The Balaban J connectivity index is 2.02. The molecule has 0 spiro atoms. The van der Waals surface area contributed by atoms with Crippen LogP contribution in [0.25, 0.3) is 0 Å². The smallest absolute Gasteiger partial charge is 0.333 e. The predicted octanol–water partition coefficient (Wildman–Crippen LogP) is 2.18. The van der Waals surface area contributed by atoms with Gasteiger partial charge in [-0.15, -0.1) is 0 Å². The summed E-state index contributed by atoms with van der Waals surface area (Å²) in [6.45, 7) is 0. The third-order valence-electron chi connectivity index (χ3n) is 3.45. The van der Waals surface area contributed by atoms with Gasteiger partial charge in [0.25, 0.3) is 0 Å². The molecule has 0 unspecified atom stereocenters. The topological polar surface area (TPSA) is 105 Å². The first-order valence-electron chi connectivity index (χ1n) is 6.73. The fourth-order valence-electron chi connectivity index (χ4n) is 2.45. The molecule has 0 amide bonds. The maximum Gasteiger partial charge on any atom is 0.333 e. The van der Waals surface area contributed by atoms with Gasteiger partial charge in [-0.3, -0.25) is 4.57 Å². The van der Waals surface area contributed by atoms with Crippen LogP contribution in [0.3, 0.4) is 0 Å². The second-order valence-electron chi connectivity index (χ2n) is 5.17. The fourth-order valence-corrected chi connectivity index (χ4v) is 3.16. The molecule has 0 bridgehead atoms. The van der Waals surface area contributed by atoms with Crippen molar-refractivity contribution in [2.45, 2.75) is 44.0 Å². The van der Waals surface area contributed by atoms with Crippen molar-refractivity contribution in [3.05, 3.63) is 17.0 Å².